The maximum Gasteiger partial charge on any atom is 0.277 e. The Kier molecular flexibility index (Phi) is 7.01. The molecule has 128 valence electrons. The zero-order valence-electron chi connectivity index (χ0n) is 13.9. The molecule has 0 saturated carbocycles. The Bertz CT molecular complexity index is 747. The van der Waals surface area contributed by atoms with E-state index in [-0.39, 0.29) is 12.5 Å². The number of benzene rings is 2. The lowest BCUT2D eigenvalue weighted by molar-refractivity contribution is -0.123. The van der Waals surface area contributed by atoms with Crippen molar-refractivity contribution in [3.63, 3.8) is 0 Å². The minimum atomic E-state index is -0.372. The molecule has 6 nitrogen and oxygen atoms in total. The molecule has 1 amide bonds. The number of ether oxygens (including phenoxy) is 2. The average molecular weight is 337 g/mol. The molecule has 0 saturated heterocycles. The second kappa shape index (κ2) is 9.73. The fraction of sp³-hybridized carbons (Fsp3) is 0.211. The van der Waals surface area contributed by atoms with Crippen LogP contribution in [0.5, 0.6) is 11.5 Å². The van der Waals surface area contributed by atoms with Gasteiger partial charge in [0.15, 0.2) is 6.61 Å². The average Bonchev–Trinajstić information content (AvgIpc) is 2.66. The van der Waals surface area contributed by atoms with Crippen molar-refractivity contribution in [1.82, 2.24) is 5.43 Å². The molecule has 0 atom stereocenters. The molecule has 0 unspecified atom stereocenters. The van der Waals surface area contributed by atoms with Crippen LogP contribution in [-0.2, 0) is 4.79 Å². The molecule has 0 aliphatic rings. The fourth-order valence-electron chi connectivity index (χ4n) is 1.86. The number of nitrogens with one attached hydrogen (secondary N) is 1. The molecule has 6 heteroatoms. The van der Waals surface area contributed by atoms with Crippen molar-refractivity contribution in [2.24, 2.45) is 5.10 Å². The van der Waals surface area contributed by atoms with Gasteiger partial charge in [0, 0.05) is 0 Å². The number of carbonyl (C=O) groups excluding carboxylic acids is 1. The third-order valence-electron chi connectivity index (χ3n) is 3.11. The summed E-state index contributed by atoms with van der Waals surface area (Å²) < 4.78 is 10.8. The standard InChI is InChI=1S/C19H19N3O3/c1-2-11-24-17-9-5-16(6-10-17)13-21-22-19(23)14-25-18-7-3-15(12-20)4-8-18/h3-10,13H,2,11,14H2,1H3,(H,22,23)/b21-13-. The van der Waals surface area contributed by atoms with E-state index in [4.69, 9.17) is 14.7 Å². The third-order valence-corrected chi connectivity index (χ3v) is 3.11. The van der Waals surface area contributed by atoms with Crippen LogP contribution in [0.25, 0.3) is 0 Å². The van der Waals surface area contributed by atoms with Crippen molar-refractivity contribution in [2.45, 2.75) is 13.3 Å². The Balaban J connectivity index is 1.75. The summed E-state index contributed by atoms with van der Waals surface area (Å²) >= 11 is 0. The van der Waals surface area contributed by atoms with Crippen LogP contribution in [0, 0.1) is 11.3 Å². The molecule has 1 N–H and O–H groups in total. The Morgan fingerprint density at radius 3 is 2.40 bits per heavy atom. The molecule has 0 heterocycles. The molecule has 2 aromatic rings. The van der Waals surface area contributed by atoms with E-state index >= 15 is 0 Å². The second-order valence-corrected chi connectivity index (χ2v) is 5.14. The van der Waals surface area contributed by atoms with Crippen molar-refractivity contribution in [3.8, 4) is 17.6 Å². The van der Waals surface area contributed by atoms with Crippen LogP contribution >= 0.6 is 0 Å². The molecule has 25 heavy (non-hydrogen) atoms. The summed E-state index contributed by atoms with van der Waals surface area (Å²) in [7, 11) is 0. The maximum atomic E-state index is 11.7. The number of carbonyl (C=O) groups is 1. The van der Waals surface area contributed by atoms with Gasteiger partial charge in [-0.05, 0) is 60.5 Å². The second-order valence-electron chi connectivity index (χ2n) is 5.14. The topological polar surface area (TPSA) is 83.7 Å². The van der Waals surface area contributed by atoms with Crippen LogP contribution < -0.4 is 14.9 Å². The van der Waals surface area contributed by atoms with E-state index in [1.807, 2.05) is 30.3 Å². The highest BCUT2D eigenvalue weighted by Gasteiger charge is 2.01. The Hall–Kier alpha value is -3.33. The first-order chi connectivity index (χ1) is 12.2. The van der Waals surface area contributed by atoms with Crippen LogP contribution in [0.2, 0.25) is 0 Å². The monoisotopic (exact) mass is 337 g/mol. The van der Waals surface area contributed by atoms with Gasteiger partial charge in [-0.1, -0.05) is 6.92 Å². The number of nitriles is 1. The first-order valence-electron chi connectivity index (χ1n) is 7.89. The molecule has 0 aromatic heterocycles. The summed E-state index contributed by atoms with van der Waals surface area (Å²) in [6.45, 7) is 2.57. The smallest absolute Gasteiger partial charge is 0.277 e. The summed E-state index contributed by atoms with van der Waals surface area (Å²) in [5.41, 5.74) is 3.77. The highest BCUT2D eigenvalue weighted by molar-refractivity contribution is 5.83. The summed E-state index contributed by atoms with van der Waals surface area (Å²) in [4.78, 5) is 11.7. The van der Waals surface area contributed by atoms with Gasteiger partial charge >= 0.3 is 0 Å². The van der Waals surface area contributed by atoms with E-state index in [0.717, 1.165) is 17.7 Å². The van der Waals surface area contributed by atoms with Crippen LogP contribution in [0.4, 0.5) is 0 Å². The minimum Gasteiger partial charge on any atom is -0.494 e. The largest absolute Gasteiger partial charge is 0.494 e. The minimum absolute atomic E-state index is 0.160. The highest BCUT2D eigenvalue weighted by Crippen LogP contribution is 2.12. The predicted octanol–water partition coefficient (Wildman–Crippen LogP) is 2.88. The fourth-order valence-corrected chi connectivity index (χ4v) is 1.86. The van der Waals surface area contributed by atoms with Crippen LogP contribution in [-0.4, -0.2) is 25.3 Å². The third kappa shape index (κ3) is 6.36. The van der Waals surface area contributed by atoms with Crippen LogP contribution in [0.15, 0.2) is 53.6 Å². The van der Waals surface area contributed by atoms with Gasteiger partial charge in [0.05, 0.1) is 24.5 Å². The number of amides is 1. The first kappa shape index (κ1) is 18.0. The number of hydrogen-bond donors (Lipinski definition) is 1. The molecule has 0 spiro atoms. The lowest BCUT2D eigenvalue weighted by atomic mass is 10.2. The van der Waals surface area contributed by atoms with Gasteiger partial charge < -0.3 is 9.47 Å². The van der Waals surface area contributed by atoms with Gasteiger partial charge in [0.1, 0.15) is 11.5 Å². The first-order valence-corrected chi connectivity index (χ1v) is 7.89. The summed E-state index contributed by atoms with van der Waals surface area (Å²) in [6, 6.07) is 16.0. The van der Waals surface area contributed by atoms with Crippen molar-refractivity contribution >= 4 is 12.1 Å². The number of nitrogens with zero attached hydrogens (tertiary/aromatic N) is 2. The van der Waals surface area contributed by atoms with Gasteiger partial charge in [-0.15, -0.1) is 0 Å². The van der Waals surface area contributed by atoms with E-state index in [9.17, 15) is 4.79 Å². The quantitative estimate of drug-likeness (QED) is 0.593. The van der Waals surface area contributed by atoms with Crippen molar-refractivity contribution in [1.29, 1.82) is 5.26 Å². The SMILES string of the molecule is CCCOc1ccc(/C=N\NC(=O)COc2ccc(C#N)cc2)cc1. The lowest BCUT2D eigenvalue weighted by Gasteiger charge is -2.05. The number of hydrazone groups is 1. The van der Waals surface area contributed by atoms with Crippen LogP contribution in [0.1, 0.15) is 24.5 Å². The molecule has 0 aliphatic carbocycles. The van der Waals surface area contributed by atoms with E-state index < -0.39 is 0 Å². The van der Waals surface area contributed by atoms with Gasteiger partial charge in [0.2, 0.25) is 0 Å². The highest BCUT2D eigenvalue weighted by atomic mass is 16.5. The molecule has 0 bridgehead atoms. The molecule has 0 radical (unpaired) electrons. The van der Waals surface area contributed by atoms with E-state index in [1.165, 1.54) is 0 Å². The van der Waals surface area contributed by atoms with Crippen molar-refractivity contribution in [3.05, 3.63) is 59.7 Å². The Morgan fingerprint density at radius 2 is 1.76 bits per heavy atom. The Morgan fingerprint density at radius 1 is 1.12 bits per heavy atom. The summed E-state index contributed by atoms with van der Waals surface area (Å²) in [6.07, 6.45) is 2.50. The molecule has 2 rings (SSSR count). The molecule has 0 aliphatic heterocycles. The normalized spacial score (nSPS) is 10.2. The number of rotatable bonds is 8. The van der Waals surface area contributed by atoms with Crippen LogP contribution in [0.3, 0.4) is 0 Å². The molecular formula is C19H19N3O3. The molecule has 0 fully saturated rings. The van der Waals surface area contributed by atoms with Crippen molar-refractivity contribution < 1.29 is 14.3 Å². The molecule has 2 aromatic carbocycles. The van der Waals surface area contributed by atoms with Crippen molar-refractivity contribution in [2.75, 3.05) is 13.2 Å². The van der Waals surface area contributed by atoms with Gasteiger partial charge in [0.25, 0.3) is 5.91 Å². The lowest BCUT2D eigenvalue weighted by Crippen LogP contribution is -2.24. The van der Waals surface area contributed by atoms with Gasteiger partial charge in [-0.25, -0.2) is 5.43 Å². The summed E-state index contributed by atoms with van der Waals surface area (Å²) in [5.74, 6) is 0.947. The van der Waals surface area contributed by atoms with E-state index in [1.54, 1.807) is 30.5 Å². The molecular weight excluding hydrogens is 318 g/mol. The zero-order valence-corrected chi connectivity index (χ0v) is 13.9. The zero-order chi connectivity index (χ0) is 17.9. The maximum absolute atomic E-state index is 11.7. The number of hydrogen-bond acceptors (Lipinski definition) is 5. The predicted molar refractivity (Wildman–Crippen MR) is 94.6 cm³/mol. The van der Waals surface area contributed by atoms with E-state index in [0.29, 0.717) is 17.9 Å². The van der Waals surface area contributed by atoms with E-state index in [2.05, 4.69) is 17.5 Å². The summed E-state index contributed by atoms with van der Waals surface area (Å²) in [5, 5.41) is 12.6. The van der Waals surface area contributed by atoms with Gasteiger partial charge in [-0.3, -0.25) is 4.79 Å². The van der Waals surface area contributed by atoms with Gasteiger partial charge in [-0.2, -0.15) is 10.4 Å². The Labute approximate surface area is 146 Å².